The fraction of sp³-hybridized carbons (Fsp3) is 0.769. The van der Waals surface area contributed by atoms with Gasteiger partial charge in [0.25, 0.3) is 0 Å². The lowest BCUT2D eigenvalue weighted by atomic mass is 9.93. The van der Waals surface area contributed by atoms with E-state index in [1.165, 1.54) is 0 Å². The van der Waals surface area contributed by atoms with Gasteiger partial charge >= 0.3 is 0 Å². The van der Waals surface area contributed by atoms with Crippen LogP contribution in [0.2, 0.25) is 0 Å². The van der Waals surface area contributed by atoms with E-state index in [-0.39, 0.29) is 0 Å². The van der Waals surface area contributed by atoms with Crippen molar-refractivity contribution in [2.75, 3.05) is 13.2 Å². The SMILES string of the molecule is CCC(c1ncc[nH]1)C1COCC(C(C)C)N1. The first-order valence-corrected chi connectivity index (χ1v) is 6.55. The molecule has 0 radical (unpaired) electrons. The van der Waals surface area contributed by atoms with Gasteiger partial charge in [0, 0.05) is 30.4 Å². The molecule has 0 amide bonds. The Kier molecular flexibility index (Phi) is 4.18. The van der Waals surface area contributed by atoms with Crippen LogP contribution in [0.15, 0.2) is 12.4 Å². The third kappa shape index (κ3) is 2.87. The summed E-state index contributed by atoms with van der Waals surface area (Å²) >= 11 is 0. The summed E-state index contributed by atoms with van der Waals surface area (Å²) < 4.78 is 5.73. The first kappa shape index (κ1) is 12.6. The average Bonchev–Trinajstić information content (AvgIpc) is 2.84. The maximum atomic E-state index is 5.73. The van der Waals surface area contributed by atoms with Gasteiger partial charge < -0.3 is 15.0 Å². The second kappa shape index (κ2) is 5.65. The molecule has 0 aromatic carbocycles. The number of nitrogens with one attached hydrogen (secondary N) is 2. The van der Waals surface area contributed by atoms with Crippen LogP contribution in [0.5, 0.6) is 0 Å². The molecular formula is C13H23N3O. The number of H-pyrrole nitrogens is 1. The smallest absolute Gasteiger partial charge is 0.110 e. The quantitative estimate of drug-likeness (QED) is 0.841. The van der Waals surface area contributed by atoms with E-state index in [2.05, 4.69) is 36.1 Å². The molecule has 1 fully saturated rings. The number of rotatable bonds is 4. The highest BCUT2D eigenvalue weighted by Gasteiger charge is 2.30. The number of aromatic amines is 1. The predicted molar refractivity (Wildman–Crippen MR) is 68.0 cm³/mol. The Morgan fingerprint density at radius 2 is 2.18 bits per heavy atom. The van der Waals surface area contributed by atoms with Gasteiger partial charge in [-0.2, -0.15) is 0 Å². The summed E-state index contributed by atoms with van der Waals surface area (Å²) in [6.07, 6.45) is 4.78. The van der Waals surface area contributed by atoms with Crippen LogP contribution in [0.25, 0.3) is 0 Å². The molecule has 0 bridgehead atoms. The summed E-state index contributed by atoms with van der Waals surface area (Å²) in [4.78, 5) is 7.60. The van der Waals surface area contributed by atoms with Gasteiger partial charge in [-0.1, -0.05) is 20.8 Å². The Balaban J connectivity index is 2.04. The van der Waals surface area contributed by atoms with Gasteiger partial charge in [0.2, 0.25) is 0 Å². The highest BCUT2D eigenvalue weighted by Crippen LogP contribution is 2.23. The standard InChI is InChI=1S/C13H23N3O/c1-4-10(13-14-5-6-15-13)12-8-17-7-11(16-12)9(2)3/h5-6,9-12,16H,4,7-8H2,1-3H3,(H,14,15). The van der Waals surface area contributed by atoms with E-state index in [1.54, 1.807) is 0 Å². The van der Waals surface area contributed by atoms with E-state index in [0.29, 0.717) is 23.9 Å². The lowest BCUT2D eigenvalue weighted by Gasteiger charge is -2.36. The van der Waals surface area contributed by atoms with E-state index in [4.69, 9.17) is 4.74 Å². The van der Waals surface area contributed by atoms with Crippen molar-refractivity contribution in [1.82, 2.24) is 15.3 Å². The molecule has 3 atom stereocenters. The molecule has 2 heterocycles. The molecule has 2 N–H and O–H groups in total. The van der Waals surface area contributed by atoms with Crippen molar-refractivity contribution in [3.8, 4) is 0 Å². The van der Waals surface area contributed by atoms with E-state index in [0.717, 1.165) is 25.5 Å². The summed E-state index contributed by atoms with van der Waals surface area (Å²) in [6, 6.07) is 0.824. The average molecular weight is 237 g/mol. The predicted octanol–water partition coefficient (Wildman–Crippen LogP) is 1.92. The summed E-state index contributed by atoms with van der Waals surface area (Å²) in [6.45, 7) is 8.27. The molecule has 3 unspecified atom stereocenters. The molecule has 1 aromatic rings. The highest BCUT2D eigenvalue weighted by atomic mass is 16.5. The van der Waals surface area contributed by atoms with Gasteiger partial charge in [-0.15, -0.1) is 0 Å². The molecule has 1 saturated heterocycles. The van der Waals surface area contributed by atoms with Crippen LogP contribution in [0.4, 0.5) is 0 Å². The van der Waals surface area contributed by atoms with Crippen molar-refractivity contribution in [3.05, 3.63) is 18.2 Å². The first-order chi connectivity index (χ1) is 8.22. The Morgan fingerprint density at radius 1 is 1.41 bits per heavy atom. The second-order valence-electron chi connectivity index (χ2n) is 5.15. The topological polar surface area (TPSA) is 49.9 Å². The largest absolute Gasteiger partial charge is 0.378 e. The van der Waals surface area contributed by atoms with Gasteiger partial charge in [-0.25, -0.2) is 4.98 Å². The van der Waals surface area contributed by atoms with Crippen LogP contribution in [0.3, 0.4) is 0 Å². The van der Waals surface area contributed by atoms with Crippen molar-refractivity contribution in [2.24, 2.45) is 5.92 Å². The van der Waals surface area contributed by atoms with Crippen LogP contribution in [0, 0.1) is 5.92 Å². The number of hydrogen-bond acceptors (Lipinski definition) is 3. The highest BCUT2D eigenvalue weighted by molar-refractivity contribution is 5.03. The van der Waals surface area contributed by atoms with Crippen molar-refractivity contribution >= 4 is 0 Å². The maximum absolute atomic E-state index is 5.73. The third-order valence-corrected chi connectivity index (χ3v) is 3.62. The number of imidazole rings is 1. The monoisotopic (exact) mass is 237 g/mol. The zero-order valence-corrected chi connectivity index (χ0v) is 10.9. The Morgan fingerprint density at radius 3 is 2.76 bits per heavy atom. The van der Waals surface area contributed by atoms with Crippen LogP contribution < -0.4 is 5.32 Å². The van der Waals surface area contributed by atoms with E-state index in [1.807, 2.05) is 12.4 Å². The number of ether oxygens (including phenoxy) is 1. The number of aromatic nitrogens is 2. The fourth-order valence-corrected chi connectivity index (χ4v) is 2.46. The van der Waals surface area contributed by atoms with E-state index < -0.39 is 0 Å². The Hall–Kier alpha value is -0.870. The molecule has 2 rings (SSSR count). The summed E-state index contributed by atoms with van der Waals surface area (Å²) in [7, 11) is 0. The molecular weight excluding hydrogens is 214 g/mol. The zero-order valence-electron chi connectivity index (χ0n) is 10.9. The molecule has 96 valence electrons. The van der Waals surface area contributed by atoms with Crippen molar-refractivity contribution in [2.45, 2.75) is 45.2 Å². The molecule has 1 aliphatic rings. The van der Waals surface area contributed by atoms with Crippen LogP contribution >= 0.6 is 0 Å². The van der Waals surface area contributed by atoms with Crippen LogP contribution in [-0.4, -0.2) is 35.3 Å². The minimum absolute atomic E-state index is 0.368. The van der Waals surface area contributed by atoms with Crippen molar-refractivity contribution < 1.29 is 4.74 Å². The summed E-state index contributed by atoms with van der Waals surface area (Å²) in [5, 5.41) is 3.71. The van der Waals surface area contributed by atoms with Gasteiger partial charge in [0.1, 0.15) is 5.82 Å². The second-order valence-corrected chi connectivity index (χ2v) is 5.15. The zero-order chi connectivity index (χ0) is 12.3. The summed E-state index contributed by atoms with van der Waals surface area (Å²) in [5.41, 5.74) is 0. The third-order valence-electron chi connectivity index (χ3n) is 3.62. The molecule has 0 aliphatic carbocycles. The molecule has 4 heteroatoms. The van der Waals surface area contributed by atoms with Crippen molar-refractivity contribution in [3.63, 3.8) is 0 Å². The van der Waals surface area contributed by atoms with Crippen LogP contribution in [0.1, 0.15) is 38.9 Å². The Labute approximate surface area is 103 Å². The minimum atomic E-state index is 0.368. The lowest BCUT2D eigenvalue weighted by molar-refractivity contribution is 0.0230. The minimum Gasteiger partial charge on any atom is -0.378 e. The van der Waals surface area contributed by atoms with Crippen molar-refractivity contribution in [1.29, 1.82) is 0 Å². The number of morpholine rings is 1. The molecule has 0 saturated carbocycles. The molecule has 17 heavy (non-hydrogen) atoms. The lowest BCUT2D eigenvalue weighted by Crippen LogP contribution is -2.53. The Bertz CT molecular complexity index is 323. The van der Waals surface area contributed by atoms with E-state index >= 15 is 0 Å². The molecule has 1 aliphatic heterocycles. The van der Waals surface area contributed by atoms with E-state index in [9.17, 15) is 0 Å². The van der Waals surface area contributed by atoms with Crippen LogP contribution in [-0.2, 0) is 4.74 Å². The number of nitrogens with zero attached hydrogens (tertiary/aromatic N) is 1. The molecule has 4 nitrogen and oxygen atoms in total. The molecule has 1 aromatic heterocycles. The van der Waals surface area contributed by atoms with Gasteiger partial charge in [-0.05, 0) is 12.3 Å². The first-order valence-electron chi connectivity index (χ1n) is 6.55. The van der Waals surface area contributed by atoms with Gasteiger partial charge in [0.15, 0.2) is 0 Å². The number of hydrogen-bond donors (Lipinski definition) is 2. The van der Waals surface area contributed by atoms with Gasteiger partial charge in [0.05, 0.1) is 13.2 Å². The normalized spacial score (nSPS) is 27.3. The maximum Gasteiger partial charge on any atom is 0.110 e. The van der Waals surface area contributed by atoms with Gasteiger partial charge in [-0.3, -0.25) is 0 Å². The fourth-order valence-electron chi connectivity index (χ4n) is 2.46. The summed E-state index contributed by atoms with van der Waals surface area (Å²) in [5.74, 6) is 2.08. The molecule has 0 spiro atoms.